The SMILES string of the molecule is Cc1ccc(OCCCCCCO)c(C(=O)O)c1. The summed E-state index contributed by atoms with van der Waals surface area (Å²) in [6.07, 6.45) is 3.63. The molecule has 1 aromatic carbocycles. The number of unbranched alkanes of at least 4 members (excludes halogenated alkanes) is 3. The molecule has 4 nitrogen and oxygen atoms in total. The van der Waals surface area contributed by atoms with Gasteiger partial charge in [0.05, 0.1) is 6.61 Å². The fourth-order valence-electron chi connectivity index (χ4n) is 1.69. The highest BCUT2D eigenvalue weighted by atomic mass is 16.5. The molecular formula is C14H20O4. The summed E-state index contributed by atoms with van der Waals surface area (Å²) in [5.41, 5.74) is 1.12. The first kappa shape index (κ1) is 14.5. The summed E-state index contributed by atoms with van der Waals surface area (Å²) in [7, 11) is 0. The van der Waals surface area contributed by atoms with Crippen molar-refractivity contribution in [2.75, 3.05) is 13.2 Å². The van der Waals surface area contributed by atoms with Gasteiger partial charge in [-0.3, -0.25) is 0 Å². The van der Waals surface area contributed by atoms with E-state index in [0.717, 1.165) is 31.2 Å². The van der Waals surface area contributed by atoms with Crippen molar-refractivity contribution in [1.82, 2.24) is 0 Å². The normalized spacial score (nSPS) is 10.3. The number of aryl methyl sites for hydroxylation is 1. The summed E-state index contributed by atoms with van der Waals surface area (Å²) in [5.74, 6) is -0.538. The fourth-order valence-corrected chi connectivity index (χ4v) is 1.69. The summed E-state index contributed by atoms with van der Waals surface area (Å²) in [6, 6.07) is 5.16. The monoisotopic (exact) mass is 252 g/mol. The molecule has 0 aliphatic heterocycles. The van der Waals surface area contributed by atoms with E-state index >= 15 is 0 Å². The van der Waals surface area contributed by atoms with Crippen LogP contribution in [0.2, 0.25) is 0 Å². The molecular weight excluding hydrogens is 232 g/mol. The van der Waals surface area contributed by atoms with Gasteiger partial charge in [0.2, 0.25) is 0 Å². The number of rotatable bonds is 8. The Balaban J connectivity index is 2.44. The third-order valence-corrected chi connectivity index (χ3v) is 2.68. The lowest BCUT2D eigenvalue weighted by atomic mass is 10.1. The summed E-state index contributed by atoms with van der Waals surface area (Å²) < 4.78 is 5.49. The minimum Gasteiger partial charge on any atom is -0.493 e. The number of hydrogen-bond donors (Lipinski definition) is 2. The Bertz CT molecular complexity index is 387. The molecule has 0 unspecified atom stereocenters. The van der Waals surface area contributed by atoms with Crippen LogP contribution in [0.15, 0.2) is 18.2 Å². The summed E-state index contributed by atoms with van der Waals surface area (Å²) in [4.78, 5) is 11.0. The van der Waals surface area contributed by atoms with Crippen LogP contribution in [0.5, 0.6) is 5.75 Å². The number of carboxylic acids is 1. The van der Waals surface area contributed by atoms with E-state index in [-0.39, 0.29) is 12.2 Å². The third kappa shape index (κ3) is 4.75. The van der Waals surface area contributed by atoms with Crippen LogP contribution in [-0.2, 0) is 0 Å². The quantitative estimate of drug-likeness (QED) is 0.698. The first-order valence-electron chi connectivity index (χ1n) is 6.22. The highest BCUT2D eigenvalue weighted by Gasteiger charge is 2.10. The average molecular weight is 252 g/mol. The highest BCUT2D eigenvalue weighted by Crippen LogP contribution is 2.20. The molecule has 0 atom stereocenters. The molecule has 2 N–H and O–H groups in total. The molecule has 0 bridgehead atoms. The Hall–Kier alpha value is -1.55. The van der Waals surface area contributed by atoms with Crippen molar-refractivity contribution in [2.45, 2.75) is 32.6 Å². The molecule has 4 heteroatoms. The van der Waals surface area contributed by atoms with Gasteiger partial charge in [-0.1, -0.05) is 18.1 Å². The summed E-state index contributed by atoms with van der Waals surface area (Å²) in [6.45, 7) is 2.59. The zero-order valence-corrected chi connectivity index (χ0v) is 10.7. The van der Waals surface area contributed by atoms with Gasteiger partial charge in [-0.25, -0.2) is 4.79 Å². The van der Waals surface area contributed by atoms with Crippen molar-refractivity contribution in [2.24, 2.45) is 0 Å². The van der Waals surface area contributed by atoms with Crippen LogP contribution in [0.3, 0.4) is 0 Å². The van der Waals surface area contributed by atoms with Gasteiger partial charge in [0.15, 0.2) is 0 Å². The average Bonchev–Trinajstić information content (AvgIpc) is 2.35. The van der Waals surface area contributed by atoms with Gasteiger partial charge < -0.3 is 14.9 Å². The van der Waals surface area contributed by atoms with E-state index in [1.54, 1.807) is 12.1 Å². The Morgan fingerprint density at radius 2 is 1.94 bits per heavy atom. The molecule has 0 saturated heterocycles. The molecule has 0 amide bonds. The number of aliphatic hydroxyl groups is 1. The maximum absolute atomic E-state index is 11.0. The van der Waals surface area contributed by atoms with Crippen molar-refractivity contribution < 1.29 is 19.7 Å². The molecule has 100 valence electrons. The van der Waals surface area contributed by atoms with E-state index in [0.29, 0.717) is 12.4 Å². The lowest BCUT2D eigenvalue weighted by Gasteiger charge is -2.09. The van der Waals surface area contributed by atoms with Gasteiger partial charge in [0.25, 0.3) is 0 Å². The Labute approximate surface area is 107 Å². The largest absolute Gasteiger partial charge is 0.493 e. The van der Waals surface area contributed by atoms with E-state index in [1.807, 2.05) is 13.0 Å². The number of carboxylic acid groups (broad SMARTS) is 1. The van der Waals surface area contributed by atoms with Crippen LogP contribution < -0.4 is 4.74 Å². The Morgan fingerprint density at radius 1 is 1.22 bits per heavy atom. The van der Waals surface area contributed by atoms with E-state index < -0.39 is 5.97 Å². The molecule has 0 aliphatic rings. The second-order valence-corrected chi connectivity index (χ2v) is 4.29. The van der Waals surface area contributed by atoms with Crippen molar-refractivity contribution in [3.05, 3.63) is 29.3 Å². The van der Waals surface area contributed by atoms with Crippen LogP contribution in [0.4, 0.5) is 0 Å². The zero-order chi connectivity index (χ0) is 13.4. The summed E-state index contributed by atoms with van der Waals surface area (Å²) in [5, 5.41) is 17.7. The standard InChI is InChI=1S/C14H20O4/c1-11-6-7-13(12(10-11)14(16)17)18-9-5-3-2-4-8-15/h6-7,10,15H,2-5,8-9H2,1H3,(H,16,17). The second kappa shape index (κ2) is 7.71. The van der Waals surface area contributed by atoms with Crippen LogP contribution in [0.1, 0.15) is 41.6 Å². The number of aliphatic hydroxyl groups excluding tert-OH is 1. The number of hydrogen-bond acceptors (Lipinski definition) is 3. The predicted octanol–water partition coefficient (Wildman–Crippen LogP) is 2.62. The molecule has 0 aliphatic carbocycles. The Morgan fingerprint density at radius 3 is 2.61 bits per heavy atom. The lowest BCUT2D eigenvalue weighted by molar-refractivity contribution is 0.0692. The molecule has 0 spiro atoms. The van der Waals surface area contributed by atoms with Crippen LogP contribution in [0, 0.1) is 6.92 Å². The smallest absolute Gasteiger partial charge is 0.339 e. The van der Waals surface area contributed by atoms with Gasteiger partial charge in [-0.05, 0) is 38.3 Å². The molecule has 0 aromatic heterocycles. The summed E-state index contributed by atoms with van der Waals surface area (Å²) >= 11 is 0. The maximum atomic E-state index is 11.0. The van der Waals surface area contributed by atoms with E-state index in [9.17, 15) is 4.79 Å². The number of ether oxygens (including phenoxy) is 1. The van der Waals surface area contributed by atoms with Gasteiger partial charge in [-0.2, -0.15) is 0 Å². The topological polar surface area (TPSA) is 66.8 Å². The first-order valence-corrected chi connectivity index (χ1v) is 6.22. The highest BCUT2D eigenvalue weighted by molar-refractivity contribution is 5.91. The number of benzene rings is 1. The van der Waals surface area contributed by atoms with Gasteiger partial charge >= 0.3 is 5.97 Å². The Kier molecular flexibility index (Phi) is 6.22. The van der Waals surface area contributed by atoms with Crippen LogP contribution in [-0.4, -0.2) is 29.4 Å². The molecule has 18 heavy (non-hydrogen) atoms. The molecule has 0 fully saturated rings. The fraction of sp³-hybridized carbons (Fsp3) is 0.500. The maximum Gasteiger partial charge on any atom is 0.339 e. The molecule has 1 aromatic rings. The molecule has 1 rings (SSSR count). The van der Waals surface area contributed by atoms with Crippen LogP contribution >= 0.6 is 0 Å². The van der Waals surface area contributed by atoms with E-state index in [1.165, 1.54) is 0 Å². The first-order chi connectivity index (χ1) is 8.65. The number of carbonyl (C=O) groups is 1. The van der Waals surface area contributed by atoms with E-state index in [4.69, 9.17) is 14.9 Å². The zero-order valence-electron chi connectivity index (χ0n) is 10.7. The van der Waals surface area contributed by atoms with Crippen LogP contribution in [0.25, 0.3) is 0 Å². The minimum absolute atomic E-state index is 0.213. The van der Waals surface area contributed by atoms with E-state index in [2.05, 4.69) is 0 Å². The molecule has 0 heterocycles. The minimum atomic E-state index is -0.964. The lowest BCUT2D eigenvalue weighted by Crippen LogP contribution is -2.05. The van der Waals surface area contributed by atoms with Gasteiger partial charge in [0.1, 0.15) is 11.3 Å². The van der Waals surface area contributed by atoms with Crippen molar-refractivity contribution in [3.63, 3.8) is 0 Å². The predicted molar refractivity (Wildman–Crippen MR) is 69.2 cm³/mol. The van der Waals surface area contributed by atoms with Crippen molar-refractivity contribution >= 4 is 5.97 Å². The second-order valence-electron chi connectivity index (χ2n) is 4.29. The molecule has 0 radical (unpaired) electrons. The van der Waals surface area contributed by atoms with Crippen molar-refractivity contribution in [3.8, 4) is 5.75 Å². The van der Waals surface area contributed by atoms with Gasteiger partial charge in [0, 0.05) is 6.61 Å². The third-order valence-electron chi connectivity index (χ3n) is 2.68. The number of aromatic carboxylic acids is 1. The van der Waals surface area contributed by atoms with Gasteiger partial charge in [-0.15, -0.1) is 0 Å². The molecule has 0 saturated carbocycles. The van der Waals surface area contributed by atoms with Crippen molar-refractivity contribution in [1.29, 1.82) is 0 Å².